The molecule has 0 aliphatic rings. The minimum absolute atomic E-state index is 0.298. The van der Waals surface area contributed by atoms with Gasteiger partial charge in [0.2, 0.25) is 0 Å². The Labute approximate surface area is 124 Å². The molecule has 0 aliphatic carbocycles. The van der Waals surface area contributed by atoms with E-state index in [2.05, 4.69) is 21.0 Å². The molecule has 100 valence electrons. The van der Waals surface area contributed by atoms with Gasteiger partial charge in [0, 0.05) is 28.4 Å². The molecule has 0 atom stereocenters. The van der Waals surface area contributed by atoms with E-state index < -0.39 is 5.97 Å². The van der Waals surface area contributed by atoms with Crippen molar-refractivity contribution >= 4 is 33.7 Å². The van der Waals surface area contributed by atoms with Gasteiger partial charge in [0.1, 0.15) is 0 Å². The van der Waals surface area contributed by atoms with Crippen molar-refractivity contribution in [2.45, 2.75) is 11.3 Å². The molecule has 1 aromatic heterocycles. The number of aromatic nitrogens is 2. The largest absolute Gasteiger partial charge is 0.478 e. The number of thioether (sulfide) groups is 1. The fourth-order valence-electron chi connectivity index (χ4n) is 1.65. The predicted molar refractivity (Wildman–Crippen MR) is 78.7 cm³/mol. The fraction of sp³-hybridized carbons (Fsp3) is 0.231. The van der Waals surface area contributed by atoms with E-state index in [-0.39, 0.29) is 0 Å². The zero-order chi connectivity index (χ0) is 13.8. The maximum Gasteiger partial charge on any atom is 0.336 e. The summed E-state index contributed by atoms with van der Waals surface area (Å²) in [6.07, 6.45) is 4.76. The molecule has 0 unspecified atom stereocenters. The number of carboxylic acids is 1. The van der Waals surface area contributed by atoms with Gasteiger partial charge in [0.05, 0.1) is 11.8 Å². The number of hydrogen-bond acceptors (Lipinski definition) is 3. The molecule has 0 saturated heterocycles. The average molecular weight is 341 g/mol. The van der Waals surface area contributed by atoms with Gasteiger partial charge in [-0.3, -0.25) is 4.68 Å². The smallest absolute Gasteiger partial charge is 0.336 e. The van der Waals surface area contributed by atoms with Crippen LogP contribution in [-0.4, -0.2) is 26.6 Å². The normalized spacial score (nSPS) is 10.6. The Kier molecular flexibility index (Phi) is 4.66. The molecule has 2 rings (SSSR count). The van der Waals surface area contributed by atoms with Crippen LogP contribution >= 0.6 is 27.7 Å². The first-order valence-corrected chi connectivity index (χ1v) is 7.47. The Morgan fingerprint density at radius 2 is 2.32 bits per heavy atom. The van der Waals surface area contributed by atoms with Crippen LogP contribution < -0.4 is 0 Å². The standard InChI is InChI=1S/C13H13BrN2O2S/c1-16-8-9(7-15-16)4-5-19-10-2-3-12(14)11(6-10)13(17)18/h2-3,6-8H,4-5H2,1H3,(H,17,18). The number of nitrogens with zero attached hydrogens (tertiary/aromatic N) is 2. The summed E-state index contributed by atoms with van der Waals surface area (Å²) in [4.78, 5) is 12.0. The zero-order valence-corrected chi connectivity index (χ0v) is 12.7. The molecule has 1 heterocycles. The summed E-state index contributed by atoms with van der Waals surface area (Å²) in [5, 5.41) is 13.2. The molecule has 4 nitrogen and oxygen atoms in total. The topological polar surface area (TPSA) is 55.1 Å². The van der Waals surface area contributed by atoms with Crippen molar-refractivity contribution in [3.8, 4) is 0 Å². The van der Waals surface area contributed by atoms with Crippen LogP contribution in [0.2, 0.25) is 0 Å². The van der Waals surface area contributed by atoms with E-state index in [1.807, 2.05) is 25.5 Å². The molecule has 0 radical (unpaired) electrons. The van der Waals surface area contributed by atoms with Gasteiger partial charge in [-0.25, -0.2) is 4.79 Å². The van der Waals surface area contributed by atoms with Crippen molar-refractivity contribution in [1.29, 1.82) is 0 Å². The second-order valence-electron chi connectivity index (χ2n) is 4.07. The van der Waals surface area contributed by atoms with Crippen LogP contribution in [0, 0.1) is 0 Å². The highest BCUT2D eigenvalue weighted by atomic mass is 79.9. The number of carboxylic acid groups (broad SMARTS) is 1. The highest BCUT2D eigenvalue weighted by Gasteiger charge is 2.09. The second kappa shape index (κ2) is 6.25. The highest BCUT2D eigenvalue weighted by molar-refractivity contribution is 9.10. The molecule has 0 spiro atoms. The van der Waals surface area contributed by atoms with Gasteiger partial charge >= 0.3 is 5.97 Å². The molecule has 6 heteroatoms. The van der Waals surface area contributed by atoms with E-state index in [9.17, 15) is 4.79 Å². The number of aromatic carboxylic acids is 1. The third-order valence-corrected chi connectivity index (χ3v) is 4.27. The van der Waals surface area contributed by atoms with Gasteiger partial charge in [0.15, 0.2) is 0 Å². The van der Waals surface area contributed by atoms with Gasteiger partial charge in [0.25, 0.3) is 0 Å². The van der Waals surface area contributed by atoms with E-state index in [0.29, 0.717) is 10.0 Å². The second-order valence-corrected chi connectivity index (χ2v) is 6.09. The zero-order valence-electron chi connectivity index (χ0n) is 10.3. The minimum atomic E-state index is -0.915. The maximum atomic E-state index is 11.0. The van der Waals surface area contributed by atoms with Crippen LogP contribution in [0.1, 0.15) is 15.9 Å². The Morgan fingerprint density at radius 3 is 2.95 bits per heavy atom. The van der Waals surface area contributed by atoms with E-state index in [1.54, 1.807) is 28.6 Å². The maximum absolute atomic E-state index is 11.0. The van der Waals surface area contributed by atoms with E-state index >= 15 is 0 Å². The lowest BCUT2D eigenvalue weighted by atomic mass is 10.2. The van der Waals surface area contributed by atoms with Gasteiger partial charge in [-0.1, -0.05) is 0 Å². The monoisotopic (exact) mass is 340 g/mol. The van der Waals surface area contributed by atoms with E-state index in [1.165, 1.54) is 5.56 Å². The average Bonchev–Trinajstić information content (AvgIpc) is 2.77. The lowest BCUT2D eigenvalue weighted by Gasteiger charge is -2.04. The predicted octanol–water partition coefficient (Wildman–Crippen LogP) is 3.22. The lowest BCUT2D eigenvalue weighted by molar-refractivity contribution is 0.0695. The number of halogens is 1. The van der Waals surface area contributed by atoms with Crippen LogP contribution in [-0.2, 0) is 13.5 Å². The van der Waals surface area contributed by atoms with Crippen molar-refractivity contribution in [2.24, 2.45) is 7.05 Å². The third kappa shape index (κ3) is 3.84. The summed E-state index contributed by atoms with van der Waals surface area (Å²) in [5.74, 6) is -0.0200. The van der Waals surface area contributed by atoms with Crippen molar-refractivity contribution < 1.29 is 9.90 Å². The molecule has 0 amide bonds. The number of rotatable bonds is 5. The summed E-state index contributed by atoms with van der Waals surface area (Å²) in [5.41, 5.74) is 1.48. The van der Waals surface area contributed by atoms with Crippen LogP contribution in [0.5, 0.6) is 0 Å². The molecule has 1 aromatic carbocycles. The summed E-state index contributed by atoms with van der Waals surface area (Å²) in [6.45, 7) is 0. The highest BCUT2D eigenvalue weighted by Crippen LogP contribution is 2.25. The summed E-state index contributed by atoms with van der Waals surface area (Å²) in [6, 6.07) is 5.39. The van der Waals surface area contributed by atoms with Gasteiger partial charge in [-0.15, -0.1) is 11.8 Å². The lowest BCUT2D eigenvalue weighted by Crippen LogP contribution is -1.97. The van der Waals surface area contributed by atoms with Crippen LogP contribution in [0.4, 0.5) is 0 Å². The van der Waals surface area contributed by atoms with Crippen molar-refractivity contribution in [3.63, 3.8) is 0 Å². The van der Waals surface area contributed by atoms with Crippen molar-refractivity contribution in [3.05, 3.63) is 46.2 Å². The Hall–Kier alpha value is -1.27. The first-order valence-electron chi connectivity index (χ1n) is 5.69. The van der Waals surface area contributed by atoms with Crippen LogP contribution in [0.25, 0.3) is 0 Å². The molecule has 19 heavy (non-hydrogen) atoms. The Morgan fingerprint density at radius 1 is 1.53 bits per heavy atom. The quantitative estimate of drug-likeness (QED) is 0.849. The number of carbonyl (C=O) groups is 1. The Bertz CT molecular complexity index is 598. The molecular weight excluding hydrogens is 328 g/mol. The van der Waals surface area contributed by atoms with E-state index in [0.717, 1.165) is 17.1 Å². The van der Waals surface area contributed by atoms with Crippen molar-refractivity contribution in [1.82, 2.24) is 9.78 Å². The van der Waals surface area contributed by atoms with E-state index in [4.69, 9.17) is 5.11 Å². The van der Waals surface area contributed by atoms with Crippen LogP contribution in [0.15, 0.2) is 40.0 Å². The summed E-state index contributed by atoms with van der Waals surface area (Å²) < 4.78 is 2.39. The van der Waals surface area contributed by atoms with Crippen molar-refractivity contribution in [2.75, 3.05) is 5.75 Å². The summed E-state index contributed by atoms with van der Waals surface area (Å²) in [7, 11) is 1.89. The number of benzene rings is 1. The first kappa shape index (κ1) is 14.1. The molecule has 2 aromatic rings. The molecule has 0 saturated carbocycles. The van der Waals surface area contributed by atoms with Gasteiger partial charge in [-0.2, -0.15) is 5.10 Å². The molecule has 0 aliphatic heterocycles. The third-order valence-electron chi connectivity index (χ3n) is 2.59. The fourth-order valence-corrected chi connectivity index (χ4v) is 3.00. The first-order chi connectivity index (χ1) is 9.06. The number of aryl methyl sites for hydroxylation is 2. The minimum Gasteiger partial charge on any atom is -0.478 e. The van der Waals surface area contributed by atoms with Crippen LogP contribution in [0.3, 0.4) is 0 Å². The molecule has 0 fully saturated rings. The van der Waals surface area contributed by atoms with Gasteiger partial charge < -0.3 is 5.11 Å². The SMILES string of the molecule is Cn1cc(CCSc2ccc(Br)c(C(=O)O)c2)cn1. The molecular formula is C13H13BrN2O2S. The Balaban J connectivity index is 1.96. The molecule has 0 bridgehead atoms. The van der Waals surface area contributed by atoms with Gasteiger partial charge in [-0.05, 0) is 46.1 Å². The number of hydrogen-bond donors (Lipinski definition) is 1. The summed E-state index contributed by atoms with van der Waals surface area (Å²) >= 11 is 4.88. The molecule has 1 N–H and O–H groups in total.